The molecule has 1 heterocycles. The van der Waals surface area contributed by atoms with Gasteiger partial charge in [0.05, 0.1) is 6.61 Å². The number of carbonyl (C=O) groups is 2. The monoisotopic (exact) mass is 256 g/mol. The van der Waals surface area contributed by atoms with Gasteiger partial charge < -0.3 is 14.9 Å². The second-order valence-corrected chi connectivity index (χ2v) is 3.98. The van der Waals surface area contributed by atoms with Gasteiger partial charge in [0.1, 0.15) is 6.10 Å². The number of carbonyl (C=O) groups excluding carboxylic acids is 2. The Hall–Kier alpha value is -1.07. The van der Waals surface area contributed by atoms with Gasteiger partial charge in [0.2, 0.25) is 0 Å². The first-order valence-corrected chi connectivity index (χ1v) is 5.32. The third-order valence-corrected chi connectivity index (χ3v) is 2.24. The molecule has 0 aromatic heterocycles. The average molecular weight is 256 g/mol. The third-order valence-electron chi connectivity index (χ3n) is 1.79. The first-order chi connectivity index (χ1) is 7.26. The molecule has 3 atom stereocenters. The van der Waals surface area contributed by atoms with Crippen molar-refractivity contribution in [3.63, 3.8) is 0 Å². The van der Waals surface area contributed by atoms with E-state index in [-0.39, 0.29) is 0 Å². The molecule has 0 aromatic carbocycles. The SMILES string of the molecule is O=C1O[C@H]([C@@H](O)CO)C(OS(=O)(=O)O)C1=O. The van der Waals surface area contributed by atoms with Gasteiger partial charge in [-0.05, 0) is 0 Å². The molecule has 0 radical (unpaired) electrons. The van der Waals surface area contributed by atoms with Crippen molar-refractivity contribution in [2.45, 2.75) is 18.3 Å². The van der Waals surface area contributed by atoms with Crippen LogP contribution in [0.5, 0.6) is 0 Å². The summed E-state index contributed by atoms with van der Waals surface area (Å²) in [5.74, 6) is -2.78. The minimum Gasteiger partial charge on any atom is -0.450 e. The molecule has 1 saturated heterocycles. The quantitative estimate of drug-likeness (QED) is 0.272. The van der Waals surface area contributed by atoms with Crippen molar-refractivity contribution in [2.75, 3.05) is 6.61 Å². The zero-order valence-corrected chi connectivity index (χ0v) is 8.46. The van der Waals surface area contributed by atoms with Crippen LogP contribution in [0.3, 0.4) is 0 Å². The summed E-state index contributed by atoms with van der Waals surface area (Å²) in [4.78, 5) is 21.8. The van der Waals surface area contributed by atoms with Crippen molar-refractivity contribution in [2.24, 2.45) is 0 Å². The average Bonchev–Trinajstić information content (AvgIpc) is 2.43. The summed E-state index contributed by atoms with van der Waals surface area (Å²) in [7, 11) is -4.98. The van der Waals surface area contributed by atoms with Crippen molar-refractivity contribution < 1.29 is 41.7 Å². The molecule has 3 N–H and O–H groups in total. The van der Waals surface area contributed by atoms with E-state index in [0.29, 0.717) is 0 Å². The zero-order valence-electron chi connectivity index (χ0n) is 7.64. The maximum absolute atomic E-state index is 11.0. The molecule has 1 rings (SSSR count). The fourth-order valence-electron chi connectivity index (χ4n) is 1.12. The fraction of sp³-hybridized carbons (Fsp3) is 0.667. The first kappa shape index (κ1) is 13.0. The summed E-state index contributed by atoms with van der Waals surface area (Å²) in [6.45, 7) is -0.878. The molecule has 1 fully saturated rings. The Balaban J connectivity index is 2.92. The van der Waals surface area contributed by atoms with Crippen LogP contribution in [-0.2, 0) is 28.9 Å². The summed E-state index contributed by atoms with van der Waals surface area (Å²) < 4.78 is 37.2. The molecular weight excluding hydrogens is 248 g/mol. The van der Waals surface area contributed by atoms with Crippen molar-refractivity contribution in [3.8, 4) is 0 Å². The lowest BCUT2D eigenvalue weighted by Gasteiger charge is -2.18. The van der Waals surface area contributed by atoms with Crippen LogP contribution in [0.15, 0.2) is 0 Å². The van der Waals surface area contributed by atoms with Gasteiger partial charge in [0.25, 0.3) is 5.78 Å². The van der Waals surface area contributed by atoms with Gasteiger partial charge in [0, 0.05) is 0 Å². The van der Waals surface area contributed by atoms with Crippen molar-refractivity contribution >= 4 is 22.2 Å². The summed E-state index contributed by atoms with van der Waals surface area (Å²) in [5, 5.41) is 17.7. The highest BCUT2D eigenvalue weighted by molar-refractivity contribution is 7.80. The normalized spacial score (nSPS) is 27.9. The second kappa shape index (κ2) is 4.43. The van der Waals surface area contributed by atoms with Crippen molar-refractivity contribution in [3.05, 3.63) is 0 Å². The Morgan fingerprint density at radius 2 is 2.00 bits per heavy atom. The first-order valence-electron chi connectivity index (χ1n) is 3.95. The fourth-order valence-corrected chi connectivity index (χ4v) is 1.58. The maximum atomic E-state index is 11.0. The summed E-state index contributed by atoms with van der Waals surface area (Å²) >= 11 is 0. The van der Waals surface area contributed by atoms with Crippen LogP contribution in [0.25, 0.3) is 0 Å². The summed E-state index contributed by atoms with van der Waals surface area (Å²) in [5.41, 5.74) is 0. The molecule has 1 aliphatic rings. The lowest BCUT2D eigenvalue weighted by Crippen LogP contribution is -2.41. The predicted octanol–water partition coefficient (Wildman–Crippen LogP) is -2.98. The van der Waals surface area contributed by atoms with Crippen molar-refractivity contribution in [1.82, 2.24) is 0 Å². The summed E-state index contributed by atoms with van der Waals surface area (Å²) in [6, 6.07) is 0. The van der Waals surface area contributed by atoms with E-state index in [2.05, 4.69) is 8.92 Å². The van der Waals surface area contributed by atoms with Crippen LogP contribution in [0.1, 0.15) is 0 Å². The van der Waals surface area contributed by atoms with Gasteiger partial charge in [-0.15, -0.1) is 0 Å². The highest BCUT2D eigenvalue weighted by Crippen LogP contribution is 2.20. The van der Waals surface area contributed by atoms with Gasteiger partial charge in [-0.2, -0.15) is 8.42 Å². The largest absolute Gasteiger partial charge is 0.450 e. The van der Waals surface area contributed by atoms with E-state index in [1.165, 1.54) is 0 Å². The minimum absolute atomic E-state index is 0.878. The molecule has 0 saturated carbocycles. The number of Topliss-reactive ketones (excluding diaryl/α,β-unsaturated/α-hetero) is 1. The lowest BCUT2D eigenvalue weighted by atomic mass is 10.1. The van der Waals surface area contributed by atoms with Crippen LogP contribution in [0.4, 0.5) is 0 Å². The van der Waals surface area contributed by atoms with E-state index in [1.807, 2.05) is 0 Å². The number of aliphatic hydroxyl groups excluding tert-OH is 2. The molecule has 1 unspecified atom stereocenters. The van der Waals surface area contributed by atoms with Gasteiger partial charge in [-0.3, -0.25) is 9.35 Å². The highest BCUT2D eigenvalue weighted by Gasteiger charge is 2.50. The van der Waals surface area contributed by atoms with Crippen LogP contribution < -0.4 is 0 Å². The second-order valence-electron chi connectivity index (χ2n) is 2.93. The van der Waals surface area contributed by atoms with Gasteiger partial charge in [0.15, 0.2) is 12.2 Å². The van der Waals surface area contributed by atoms with Crippen LogP contribution in [-0.4, -0.2) is 59.9 Å². The van der Waals surface area contributed by atoms with E-state index in [4.69, 9.17) is 14.8 Å². The molecule has 0 bridgehead atoms. The molecule has 0 spiro atoms. The highest BCUT2D eigenvalue weighted by atomic mass is 32.3. The van der Waals surface area contributed by atoms with E-state index in [9.17, 15) is 18.0 Å². The number of rotatable bonds is 4. The van der Waals surface area contributed by atoms with Crippen LogP contribution >= 0.6 is 0 Å². The third kappa shape index (κ3) is 2.74. The molecule has 0 amide bonds. The molecule has 9 nitrogen and oxygen atoms in total. The summed E-state index contributed by atoms with van der Waals surface area (Å²) in [6.07, 6.45) is -5.36. The number of esters is 1. The number of aliphatic hydroxyl groups is 2. The number of ether oxygens (including phenoxy) is 1. The van der Waals surface area contributed by atoms with Crippen molar-refractivity contribution in [1.29, 1.82) is 0 Å². The van der Waals surface area contributed by atoms with E-state index < -0.39 is 47.1 Å². The topological polar surface area (TPSA) is 147 Å². The van der Waals surface area contributed by atoms with E-state index in [0.717, 1.165) is 0 Å². The van der Waals surface area contributed by atoms with Crippen LogP contribution in [0, 0.1) is 0 Å². The zero-order chi connectivity index (χ0) is 12.5. The number of cyclic esters (lactones) is 1. The van der Waals surface area contributed by atoms with E-state index in [1.54, 1.807) is 0 Å². The number of ketones is 1. The Morgan fingerprint density at radius 1 is 1.44 bits per heavy atom. The molecule has 1 aliphatic heterocycles. The molecular formula is C6H8O9S. The van der Waals surface area contributed by atoms with Gasteiger partial charge in [-0.1, -0.05) is 0 Å². The molecule has 0 aromatic rings. The lowest BCUT2D eigenvalue weighted by molar-refractivity contribution is -0.151. The van der Waals surface area contributed by atoms with E-state index >= 15 is 0 Å². The van der Waals surface area contributed by atoms with Crippen LogP contribution in [0.2, 0.25) is 0 Å². The van der Waals surface area contributed by atoms with Gasteiger partial charge in [-0.25, -0.2) is 8.98 Å². The molecule has 0 aliphatic carbocycles. The predicted molar refractivity (Wildman–Crippen MR) is 44.4 cm³/mol. The molecule has 92 valence electrons. The smallest absolute Gasteiger partial charge is 0.398 e. The minimum atomic E-state index is -4.98. The van der Waals surface area contributed by atoms with Gasteiger partial charge >= 0.3 is 16.4 Å². The molecule has 10 heteroatoms. The Morgan fingerprint density at radius 3 is 2.44 bits per heavy atom. The Bertz CT molecular complexity index is 398. The Labute approximate surface area is 89.5 Å². The Kier molecular flexibility index (Phi) is 3.60. The standard InChI is InChI=1S/C6H8O9S/c7-1-2(8)4-5(15-16(11,12)13)3(9)6(10)14-4/h2,4-5,7-8H,1H2,(H,11,12,13)/t2-,4+,5?/m0/s1. The maximum Gasteiger partial charge on any atom is 0.398 e. The number of hydrogen-bond acceptors (Lipinski definition) is 8. The number of hydrogen-bond donors (Lipinski definition) is 3. The molecule has 16 heavy (non-hydrogen) atoms.